The van der Waals surface area contributed by atoms with E-state index in [0.717, 1.165) is 26.1 Å². The Kier molecular flexibility index (Phi) is 4.22. The van der Waals surface area contributed by atoms with Crippen molar-refractivity contribution in [1.29, 1.82) is 0 Å². The van der Waals surface area contributed by atoms with Crippen LogP contribution >= 0.6 is 0 Å². The van der Waals surface area contributed by atoms with Crippen LogP contribution in [0, 0.1) is 17.3 Å². The number of urea groups is 1. The minimum atomic E-state index is 0.112. The Morgan fingerprint density at radius 3 is 2.50 bits per heavy atom. The number of carbonyl (C=O) groups excluding carboxylic acids is 1. The SMILES string of the molecule is CC(C)CNC(=O)N1CCC(C(C)(C)C)C1. The maximum absolute atomic E-state index is 11.8. The molecule has 0 bridgehead atoms. The standard InChI is InChI=1S/C13H26N2O/c1-10(2)8-14-12(16)15-7-6-11(9-15)13(3,4)5/h10-11H,6-9H2,1-5H3,(H,14,16). The zero-order valence-corrected chi connectivity index (χ0v) is 11.3. The van der Waals surface area contributed by atoms with Gasteiger partial charge in [-0.05, 0) is 23.7 Å². The molecule has 1 aliphatic heterocycles. The molecule has 0 aliphatic carbocycles. The van der Waals surface area contributed by atoms with E-state index in [9.17, 15) is 4.79 Å². The van der Waals surface area contributed by atoms with Gasteiger partial charge in [-0.15, -0.1) is 0 Å². The van der Waals surface area contributed by atoms with Crippen molar-refractivity contribution in [3.8, 4) is 0 Å². The minimum Gasteiger partial charge on any atom is -0.338 e. The maximum Gasteiger partial charge on any atom is 0.317 e. The van der Waals surface area contributed by atoms with Crippen molar-refractivity contribution in [3.05, 3.63) is 0 Å². The summed E-state index contributed by atoms with van der Waals surface area (Å²) in [4.78, 5) is 13.8. The van der Waals surface area contributed by atoms with Crippen LogP contribution in [-0.4, -0.2) is 30.6 Å². The molecule has 0 saturated carbocycles. The van der Waals surface area contributed by atoms with Crippen LogP contribution in [-0.2, 0) is 0 Å². The van der Waals surface area contributed by atoms with Gasteiger partial charge in [0.25, 0.3) is 0 Å². The number of likely N-dealkylation sites (tertiary alicyclic amines) is 1. The molecule has 1 heterocycles. The molecule has 0 radical (unpaired) electrons. The lowest BCUT2D eigenvalue weighted by atomic mass is 9.80. The van der Waals surface area contributed by atoms with Gasteiger partial charge in [0.2, 0.25) is 0 Å². The molecule has 2 amide bonds. The smallest absolute Gasteiger partial charge is 0.317 e. The number of hydrogen-bond donors (Lipinski definition) is 1. The number of rotatable bonds is 2. The molecule has 0 spiro atoms. The third kappa shape index (κ3) is 3.69. The largest absolute Gasteiger partial charge is 0.338 e. The van der Waals surface area contributed by atoms with Crippen molar-refractivity contribution in [3.63, 3.8) is 0 Å². The summed E-state index contributed by atoms with van der Waals surface area (Å²) in [5.41, 5.74) is 0.313. The second-order valence-corrected chi connectivity index (χ2v) is 6.38. The monoisotopic (exact) mass is 226 g/mol. The molecular weight excluding hydrogens is 200 g/mol. The fourth-order valence-electron chi connectivity index (χ4n) is 2.05. The van der Waals surface area contributed by atoms with Gasteiger partial charge in [-0.25, -0.2) is 4.79 Å². The molecule has 3 heteroatoms. The van der Waals surface area contributed by atoms with Crippen molar-refractivity contribution in [2.45, 2.75) is 41.0 Å². The number of carbonyl (C=O) groups is 1. The Morgan fingerprint density at radius 2 is 2.06 bits per heavy atom. The van der Waals surface area contributed by atoms with Crippen molar-refractivity contribution in [2.24, 2.45) is 17.3 Å². The highest BCUT2D eigenvalue weighted by Gasteiger charge is 2.33. The molecule has 3 nitrogen and oxygen atoms in total. The van der Waals surface area contributed by atoms with E-state index >= 15 is 0 Å². The average Bonchev–Trinajstić information content (AvgIpc) is 2.61. The minimum absolute atomic E-state index is 0.112. The molecule has 0 aromatic heterocycles. The summed E-state index contributed by atoms with van der Waals surface area (Å²) >= 11 is 0. The fraction of sp³-hybridized carbons (Fsp3) is 0.923. The van der Waals surface area contributed by atoms with E-state index in [1.807, 2.05) is 4.90 Å². The second-order valence-electron chi connectivity index (χ2n) is 6.38. The van der Waals surface area contributed by atoms with Gasteiger partial charge in [0.1, 0.15) is 0 Å². The van der Waals surface area contributed by atoms with E-state index in [1.165, 1.54) is 0 Å². The first-order valence-corrected chi connectivity index (χ1v) is 6.33. The van der Waals surface area contributed by atoms with E-state index in [-0.39, 0.29) is 6.03 Å². The number of nitrogens with zero attached hydrogens (tertiary/aromatic N) is 1. The highest BCUT2D eigenvalue weighted by Crippen LogP contribution is 2.33. The molecule has 1 fully saturated rings. The zero-order valence-electron chi connectivity index (χ0n) is 11.3. The van der Waals surface area contributed by atoms with Crippen molar-refractivity contribution in [1.82, 2.24) is 10.2 Å². The van der Waals surface area contributed by atoms with Crippen LogP contribution in [0.3, 0.4) is 0 Å². The fourth-order valence-corrected chi connectivity index (χ4v) is 2.05. The van der Waals surface area contributed by atoms with Crippen LogP contribution in [0.4, 0.5) is 4.79 Å². The normalized spacial score (nSPS) is 21.6. The molecule has 1 rings (SSSR count). The van der Waals surface area contributed by atoms with Gasteiger partial charge >= 0.3 is 6.03 Å². The molecule has 94 valence electrons. The molecule has 0 aromatic rings. The van der Waals surface area contributed by atoms with Crippen LogP contribution in [0.25, 0.3) is 0 Å². The number of nitrogens with one attached hydrogen (secondary N) is 1. The highest BCUT2D eigenvalue weighted by atomic mass is 16.2. The molecule has 1 aliphatic rings. The Morgan fingerprint density at radius 1 is 1.44 bits per heavy atom. The van der Waals surface area contributed by atoms with Gasteiger partial charge in [0, 0.05) is 19.6 Å². The van der Waals surface area contributed by atoms with Crippen LogP contribution in [0.15, 0.2) is 0 Å². The summed E-state index contributed by atoms with van der Waals surface area (Å²) < 4.78 is 0. The van der Waals surface area contributed by atoms with Crippen molar-refractivity contribution < 1.29 is 4.79 Å². The molecular formula is C13H26N2O. The Bertz CT molecular complexity index is 243. The third-order valence-corrected chi connectivity index (χ3v) is 3.36. The quantitative estimate of drug-likeness (QED) is 0.771. The summed E-state index contributed by atoms with van der Waals surface area (Å²) in [6.07, 6.45) is 1.14. The molecule has 1 unspecified atom stereocenters. The van der Waals surface area contributed by atoms with Crippen LogP contribution in [0.5, 0.6) is 0 Å². The predicted octanol–water partition coefficient (Wildman–Crippen LogP) is 2.72. The van der Waals surface area contributed by atoms with Crippen LogP contribution in [0.2, 0.25) is 0 Å². The molecule has 1 N–H and O–H groups in total. The number of hydrogen-bond acceptors (Lipinski definition) is 1. The average molecular weight is 226 g/mol. The topological polar surface area (TPSA) is 32.3 Å². The zero-order chi connectivity index (χ0) is 12.3. The van der Waals surface area contributed by atoms with E-state index in [1.54, 1.807) is 0 Å². The van der Waals surface area contributed by atoms with E-state index in [0.29, 0.717) is 17.3 Å². The summed E-state index contributed by atoms with van der Waals surface area (Å²) in [6, 6.07) is 0.112. The first-order valence-electron chi connectivity index (χ1n) is 6.33. The highest BCUT2D eigenvalue weighted by molar-refractivity contribution is 5.74. The maximum atomic E-state index is 11.8. The Balaban J connectivity index is 2.38. The second kappa shape index (κ2) is 5.07. The summed E-state index contributed by atoms with van der Waals surface area (Å²) in [7, 11) is 0. The van der Waals surface area contributed by atoms with Gasteiger partial charge < -0.3 is 10.2 Å². The molecule has 1 saturated heterocycles. The molecule has 16 heavy (non-hydrogen) atoms. The van der Waals surface area contributed by atoms with Gasteiger partial charge in [-0.1, -0.05) is 34.6 Å². The van der Waals surface area contributed by atoms with Crippen molar-refractivity contribution >= 4 is 6.03 Å². The van der Waals surface area contributed by atoms with Gasteiger partial charge in [0.05, 0.1) is 0 Å². The Hall–Kier alpha value is -0.730. The van der Waals surface area contributed by atoms with Gasteiger partial charge in [-0.2, -0.15) is 0 Å². The third-order valence-electron chi connectivity index (χ3n) is 3.36. The summed E-state index contributed by atoms with van der Waals surface area (Å²) in [6.45, 7) is 13.6. The van der Waals surface area contributed by atoms with Crippen LogP contribution < -0.4 is 5.32 Å². The lowest BCUT2D eigenvalue weighted by molar-refractivity contribution is 0.196. The first kappa shape index (κ1) is 13.3. The lowest BCUT2D eigenvalue weighted by Crippen LogP contribution is -2.40. The Labute approximate surface area is 99.6 Å². The van der Waals surface area contributed by atoms with Crippen LogP contribution in [0.1, 0.15) is 41.0 Å². The number of amides is 2. The van der Waals surface area contributed by atoms with E-state index in [4.69, 9.17) is 0 Å². The van der Waals surface area contributed by atoms with Gasteiger partial charge in [-0.3, -0.25) is 0 Å². The van der Waals surface area contributed by atoms with Gasteiger partial charge in [0.15, 0.2) is 0 Å². The molecule has 0 aromatic carbocycles. The summed E-state index contributed by atoms with van der Waals surface area (Å²) in [5.74, 6) is 1.15. The molecule has 1 atom stereocenters. The van der Waals surface area contributed by atoms with Crippen molar-refractivity contribution in [2.75, 3.05) is 19.6 Å². The van der Waals surface area contributed by atoms with E-state index in [2.05, 4.69) is 39.9 Å². The first-order chi connectivity index (χ1) is 7.30. The lowest BCUT2D eigenvalue weighted by Gasteiger charge is -2.27. The van der Waals surface area contributed by atoms with E-state index < -0.39 is 0 Å². The summed E-state index contributed by atoms with van der Waals surface area (Å²) in [5, 5.41) is 2.98. The predicted molar refractivity (Wildman–Crippen MR) is 67.4 cm³/mol.